The molecule has 0 aliphatic carbocycles. The van der Waals surface area contributed by atoms with Crippen LogP contribution in [0.4, 0.5) is 0 Å². The molecule has 0 fully saturated rings. The Labute approximate surface area is 301 Å². The summed E-state index contributed by atoms with van der Waals surface area (Å²) in [6.07, 6.45) is 0.842. The van der Waals surface area contributed by atoms with E-state index in [0.717, 1.165) is 6.42 Å². The first-order valence-electron chi connectivity index (χ1n) is 18.1. The number of hydrogen-bond acceptors (Lipinski definition) is 0. The minimum atomic E-state index is 0.842. The van der Waals surface area contributed by atoms with Gasteiger partial charge < -0.3 is 4.57 Å². The fourth-order valence-electron chi connectivity index (χ4n) is 8.89. The second-order valence-corrected chi connectivity index (χ2v) is 14.0. The highest BCUT2D eigenvalue weighted by Gasteiger charge is 2.18. The van der Waals surface area contributed by atoms with Gasteiger partial charge in [0.15, 0.2) is 0 Å². The van der Waals surface area contributed by atoms with Crippen molar-refractivity contribution in [3.05, 3.63) is 199 Å². The molecule has 0 bridgehead atoms. The Morgan fingerprint density at radius 1 is 0.327 bits per heavy atom. The van der Waals surface area contributed by atoms with E-state index in [0.29, 0.717) is 0 Å². The fourth-order valence-corrected chi connectivity index (χ4v) is 8.89. The van der Waals surface area contributed by atoms with Gasteiger partial charge in [-0.1, -0.05) is 158 Å². The van der Waals surface area contributed by atoms with E-state index in [1.165, 1.54) is 104 Å². The largest absolute Gasteiger partial charge is 0.309 e. The molecule has 1 heterocycles. The second-order valence-electron chi connectivity index (χ2n) is 14.0. The van der Waals surface area contributed by atoms with Crippen molar-refractivity contribution in [2.45, 2.75) is 6.42 Å². The van der Waals surface area contributed by atoms with Crippen LogP contribution in [0.2, 0.25) is 0 Å². The third kappa shape index (κ3) is 4.36. The van der Waals surface area contributed by atoms with Crippen molar-refractivity contribution < 1.29 is 0 Å². The summed E-state index contributed by atoms with van der Waals surface area (Å²) in [6.45, 7) is 0. The summed E-state index contributed by atoms with van der Waals surface area (Å²) in [4.78, 5) is 0. The van der Waals surface area contributed by atoms with E-state index in [1.807, 2.05) is 0 Å². The molecule has 242 valence electrons. The van der Waals surface area contributed by atoms with E-state index in [9.17, 15) is 0 Å². The Morgan fingerprint density at radius 2 is 0.885 bits per heavy atom. The number of hydrogen-bond donors (Lipinski definition) is 0. The van der Waals surface area contributed by atoms with Crippen molar-refractivity contribution in [1.29, 1.82) is 0 Å². The van der Waals surface area contributed by atoms with Crippen molar-refractivity contribution in [3.8, 4) is 16.8 Å². The Morgan fingerprint density at radius 3 is 1.65 bits per heavy atom. The maximum atomic E-state index is 2.45. The van der Waals surface area contributed by atoms with Gasteiger partial charge in [0.2, 0.25) is 0 Å². The van der Waals surface area contributed by atoms with Gasteiger partial charge in [-0.15, -0.1) is 0 Å². The van der Waals surface area contributed by atoms with Crippen molar-refractivity contribution in [2.75, 3.05) is 0 Å². The standard InChI is InChI=1S/C51H33N/c1-3-15-38-35(13-1)25-26-36-32-37(27-28-39(36)38)51-44-20-7-5-17-41(44)46(42-18-6-8-21-45(42)51)30-33-24-29-50-47(31-33)43-19-9-10-22-49(43)52(50)48-23-11-14-34-12-2-4-16-40(34)48/h1-29,31-32H,30H2. The number of fused-ring (bicyclic) bond motifs is 9. The van der Waals surface area contributed by atoms with Gasteiger partial charge >= 0.3 is 0 Å². The number of benzene rings is 10. The van der Waals surface area contributed by atoms with E-state index in [-0.39, 0.29) is 0 Å². The van der Waals surface area contributed by atoms with Crippen LogP contribution >= 0.6 is 0 Å². The summed E-state index contributed by atoms with van der Waals surface area (Å²) in [7, 11) is 0. The topological polar surface area (TPSA) is 4.93 Å². The highest BCUT2D eigenvalue weighted by molar-refractivity contribution is 6.17. The normalized spacial score (nSPS) is 11.9. The lowest BCUT2D eigenvalue weighted by Crippen LogP contribution is -1.97. The van der Waals surface area contributed by atoms with Gasteiger partial charge in [0, 0.05) is 16.2 Å². The van der Waals surface area contributed by atoms with Gasteiger partial charge in [0.25, 0.3) is 0 Å². The van der Waals surface area contributed by atoms with Crippen LogP contribution in [0, 0.1) is 0 Å². The van der Waals surface area contributed by atoms with Crippen molar-refractivity contribution in [3.63, 3.8) is 0 Å². The van der Waals surface area contributed by atoms with E-state index in [4.69, 9.17) is 0 Å². The molecule has 0 spiro atoms. The zero-order valence-electron chi connectivity index (χ0n) is 28.6. The number of para-hydroxylation sites is 1. The van der Waals surface area contributed by atoms with Gasteiger partial charge in [-0.05, 0) is 107 Å². The van der Waals surface area contributed by atoms with Gasteiger partial charge in [-0.25, -0.2) is 0 Å². The van der Waals surface area contributed by atoms with Crippen molar-refractivity contribution in [2.24, 2.45) is 0 Å². The second kappa shape index (κ2) is 11.4. The first-order chi connectivity index (χ1) is 25.8. The quantitative estimate of drug-likeness (QED) is 0.131. The van der Waals surface area contributed by atoms with Crippen LogP contribution in [0.1, 0.15) is 11.1 Å². The van der Waals surface area contributed by atoms with Crippen molar-refractivity contribution in [1.82, 2.24) is 4.57 Å². The first kappa shape index (κ1) is 29.1. The highest BCUT2D eigenvalue weighted by atomic mass is 15.0. The lowest BCUT2D eigenvalue weighted by Gasteiger charge is -2.18. The number of rotatable bonds is 4. The average Bonchev–Trinajstić information content (AvgIpc) is 3.53. The highest BCUT2D eigenvalue weighted by Crippen LogP contribution is 2.42. The summed E-state index contributed by atoms with van der Waals surface area (Å²) in [5, 5.41) is 15.4. The first-order valence-corrected chi connectivity index (χ1v) is 18.1. The van der Waals surface area contributed by atoms with Crippen LogP contribution in [-0.2, 0) is 6.42 Å². The molecule has 1 heteroatoms. The fraction of sp³-hybridized carbons (Fsp3) is 0.0196. The molecule has 11 aromatic rings. The summed E-state index contributed by atoms with van der Waals surface area (Å²) in [6, 6.07) is 69.5. The van der Waals surface area contributed by atoms with Crippen LogP contribution < -0.4 is 0 Å². The monoisotopic (exact) mass is 659 g/mol. The molecule has 0 amide bonds. The summed E-state index contributed by atoms with van der Waals surface area (Å²) < 4.78 is 2.45. The number of nitrogens with zero attached hydrogens (tertiary/aromatic N) is 1. The lowest BCUT2D eigenvalue weighted by atomic mass is 9.85. The molecule has 0 saturated carbocycles. The smallest absolute Gasteiger partial charge is 0.0541 e. The zero-order valence-corrected chi connectivity index (χ0v) is 28.6. The Bertz CT molecular complexity index is 3150. The summed E-state index contributed by atoms with van der Waals surface area (Å²) >= 11 is 0. The minimum Gasteiger partial charge on any atom is -0.309 e. The lowest BCUT2D eigenvalue weighted by molar-refractivity contribution is 1.19. The number of aromatic nitrogens is 1. The minimum absolute atomic E-state index is 0.842. The maximum Gasteiger partial charge on any atom is 0.0541 e. The van der Waals surface area contributed by atoms with Crippen LogP contribution in [0.5, 0.6) is 0 Å². The molecule has 0 aliphatic rings. The van der Waals surface area contributed by atoms with Gasteiger partial charge in [-0.2, -0.15) is 0 Å². The van der Waals surface area contributed by atoms with E-state index in [1.54, 1.807) is 0 Å². The molecular weight excluding hydrogens is 627 g/mol. The van der Waals surface area contributed by atoms with Gasteiger partial charge in [0.05, 0.1) is 16.7 Å². The summed E-state index contributed by atoms with van der Waals surface area (Å²) in [5.74, 6) is 0. The Hall–Kier alpha value is -6.70. The zero-order chi connectivity index (χ0) is 34.2. The van der Waals surface area contributed by atoms with Crippen LogP contribution in [-0.4, -0.2) is 4.57 Å². The van der Waals surface area contributed by atoms with Gasteiger partial charge in [0.1, 0.15) is 0 Å². The van der Waals surface area contributed by atoms with E-state index >= 15 is 0 Å². The molecule has 1 aromatic heterocycles. The molecule has 0 N–H and O–H groups in total. The molecule has 0 unspecified atom stereocenters. The predicted octanol–water partition coefficient (Wildman–Crippen LogP) is 13.8. The molecule has 0 radical (unpaired) electrons. The van der Waals surface area contributed by atoms with Crippen LogP contribution in [0.15, 0.2) is 188 Å². The molecule has 10 aromatic carbocycles. The third-order valence-electron chi connectivity index (χ3n) is 11.2. The molecule has 11 rings (SSSR count). The van der Waals surface area contributed by atoms with E-state index in [2.05, 4.69) is 193 Å². The maximum absolute atomic E-state index is 2.45. The summed E-state index contributed by atoms with van der Waals surface area (Å²) in [5.41, 5.74) is 8.92. The Balaban J connectivity index is 1.10. The molecule has 52 heavy (non-hydrogen) atoms. The molecule has 0 saturated heterocycles. The van der Waals surface area contributed by atoms with Gasteiger partial charge in [-0.3, -0.25) is 0 Å². The molecular formula is C51H33N. The Kier molecular flexibility index (Phi) is 6.38. The van der Waals surface area contributed by atoms with Crippen molar-refractivity contribution >= 4 is 75.7 Å². The molecule has 1 nitrogen and oxygen atoms in total. The molecule has 0 atom stereocenters. The predicted molar refractivity (Wildman–Crippen MR) is 223 cm³/mol. The SMILES string of the molecule is c1ccc2c(-n3c4ccccc4c4cc(Cc5c6ccccc6c(-c6ccc7c(ccc8ccccc87)c6)c6ccccc56)ccc43)cccc2c1. The average molecular weight is 660 g/mol. The van der Waals surface area contributed by atoms with E-state index < -0.39 is 0 Å². The third-order valence-corrected chi connectivity index (χ3v) is 11.2. The van der Waals surface area contributed by atoms with Crippen LogP contribution in [0.3, 0.4) is 0 Å². The van der Waals surface area contributed by atoms with Crippen LogP contribution in [0.25, 0.3) is 92.5 Å². The molecule has 0 aliphatic heterocycles.